The predicted octanol–water partition coefficient (Wildman–Crippen LogP) is 4.56. The molecule has 5 heteroatoms. The number of halogens is 2. The van der Waals surface area contributed by atoms with Gasteiger partial charge in [0.2, 0.25) is 0 Å². The summed E-state index contributed by atoms with van der Waals surface area (Å²) >= 11 is 11.5. The third-order valence-electron chi connectivity index (χ3n) is 3.16. The highest BCUT2D eigenvalue weighted by molar-refractivity contribution is 9.10. The van der Waals surface area contributed by atoms with Crippen LogP contribution in [0.25, 0.3) is 0 Å². The summed E-state index contributed by atoms with van der Waals surface area (Å²) in [5.74, 6) is 0. The quantitative estimate of drug-likeness (QED) is 0.798. The van der Waals surface area contributed by atoms with Gasteiger partial charge in [-0.1, -0.05) is 33.6 Å². The molecule has 1 heterocycles. The van der Waals surface area contributed by atoms with Crippen molar-refractivity contribution < 1.29 is 0 Å². The standard InChI is InChI=1S/C15H18BrClN2S/c1-19(2)14(15-4-3-7-20-15)10-18-9-11-8-12(16)5-6-13(11)17/h3-8,14,18H,9-10H2,1-2H3. The number of thiophene rings is 1. The Morgan fingerprint density at radius 1 is 1.35 bits per heavy atom. The maximum atomic E-state index is 6.20. The average molecular weight is 374 g/mol. The van der Waals surface area contributed by atoms with Crippen molar-refractivity contribution >= 4 is 38.9 Å². The van der Waals surface area contributed by atoms with Crippen molar-refractivity contribution in [3.05, 3.63) is 55.6 Å². The molecule has 0 aliphatic rings. The SMILES string of the molecule is CN(C)C(CNCc1cc(Br)ccc1Cl)c1cccs1. The van der Waals surface area contributed by atoms with Crippen molar-refractivity contribution in [3.8, 4) is 0 Å². The zero-order valence-electron chi connectivity index (χ0n) is 11.6. The van der Waals surface area contributed by atoms with Gasteiger partial charge in [-0.3, -0.25) is 0 Å². The second kappa shape index (κ2) is 7.57. The van der Waals surface area contributed by atoms with E-state index < -0.39 is 0 Å². The van der Waals surface area contributed by atoms with Gasteiger partial charge in [0.1, 0.15) is 0 Å². The molecule has 0 fully saturated rings. The Morgan fingerprint density at radius 2 is 2.15 bits per heavy atom. The van der Waals surface area contributed by atoms with E-state index in [0.717, 1.165) is 28.1 Å². The largest absolute Gasteiger partial charge is 0.311 e. The summed E-state index contributed by atoms with van der Waals surface area (Å²) in [5, 5.41) is 6.43. The Hall–Kier alpha value is -0.390. The fourth-order valence-electron chi connectivity index (χ4n) is 2.04. The molecule has 0 saturated carbocycles. The lowest BCUT2D eigenvalue weighted by Crippen LogP contribution is -2.30. The van der Waals surface area contributed by atoms with Crippen molar-refractivity contribution in [2.24, 2.45) is 0 Å². The van der Waals surface area contributed by atoms with Crippen molar-refractivity contribution in [2.75, 3.05) is 20.6 Å². The third kappa shape index (κ3) is 4.30. The van der Waals surface area contributed by atoms with E-state index in [1.54, 1.807) is 11.3 Å². The molecular weight excluding hydrogens is 356 g/mol. The predicted molar refractivity (Wildman–Crippen MR) is 91.6 cm³/mol. The smallest absolute Gasteiger partial charge is 0.0561 e. The van der Waals surface area contributed by atoms with Crippen LogP contribution in [0, 0.1) is 0 Å². The van der Waals surface area contributed by atoms with Crippen LogP contribution in [-0.4, -0.2) is 25.5 Å². The molecule has 1 unspecified atom stereocenters. The van der Waals surface area contributed by atoms with Crippen molar-refractivity contribution in [3.63, 3.8) is 0 Å². The highest BCUT2D eigenvalue weighted by Crippen LogP contribution is 2.23. The first kappa shape index (κ1) is 16.0. The number of rotatable bonds is 6. The topological polar surface area (TPSA) is 15.3 Å². The molecule has 1 atom stereocenters. The fraction of sp³-hybridized carbons (Fsp3) is 0.333. The second-order valence-electron chi connectivity index (χ2n) is 4.86. The second-order valence-corrected chi connectivity index (χ2v) is 7.16. The normalized spacial score (nSPS) is 12.8. The Morgan fingerprint density at radius 3 is 2.80 bits per heavy atom. The van der Waals surface area contributed by atoms with E-state index in [2.05, 4.69) is 63.8 Å². The number of hydrogen-bond acceptors (Lipinski definition) is 3. The van der Waals surface area contributed by atoms with E-state index in [1.165, 1.54) is 4.88 Å². The molecular formula is C15H18BrClN2S. The van der Waals surface area contributed by atoms with Crippen LogP contribution >= 0.6 is 38.9 Å². The molecule has 0 aliphatic carbocycles. The van der Waals surface area contributed by atoms with Gasteiger partial charge in [-0.25, -0.2) is 0 Å². The Kier molecular flexibility index (Phi) is 6.05. The molecule has 0 amide bonds. The Bertz CT molecular complexity index is 543. The Balaban J connectivity index is 1.95. The van der Waals surface area contributed by atoms with Crippen molar-refractivity contribution in [1.29, 1.82) is 0 Å². The van der Waals surface area contributed by atoms with Gasteiger partial charge in [0.25, 0.3) is 0 Å². The van der Waals surface area contributed by atoms with Crippen molar-refractivity contribution in [2.45, 2.75) is 12.6 Å². The third-order valence-corrected chi connectivity index (χ3v) is 4.99. The van der Waals surface area contributed by atoms with Gasteiger partial charge in [-0.15, -0.1) is 11.3 Å². The molecule has 0 spiro atoms. The van der Waals surface area contributed by atoms with E-state index in [-0.39, 0.29) is 0 Å². The van der Waals surface area contributed by atoms with E-state index in [1.807, 2.05) is 12.1 Å². The summed E-state index contributed by atoms with van der Waals surface area (Å²) in [6.45, 7) is 1.67. The molecule has 20 heavy (non-hydrogen) atoms. The summed E-state index contributed by atoms with van der Waals surface area (Å²) in [7, 11) is 4.22. The number of benzene rings is 1. The summed E-state index contributed by atoms with van der Waals surface area (Å²) in [4.78, 5) is 3.62. The van der Waals surface area contributed by atoms with E-state index in [4.69, 9.17) is 11.6 Å². The zero-order valence-corrected chi connectivity index (χ0v) is 14.7. The highest BCUT2D eigenvalue weighted by atomic mass is 79.9. The lowest BCUT2D eigenvalue weighted by molar-refractivity contribution is 0.292. The van der Waals surface area contributed by atoms with Crippen LogP contribution in [-0.2, 0) is 6.54 Å². The molecule has 1 N–H and O–H groups in total. The van der Waals surface area contributed by atoms with Crippen LogP contribution in [0.1, 0.15) is 16.5 Å². The van der Waals surface area contributed by atoms with Gasteiger partial charge in [-0.2, -0.15) is 0 Å². The molecule has 1 aromatic heterocycles. The first-order valence-corrected chi connectivity index (χ1v) is 8.47. The van der Waals surface area contributed by atoms with Gasteiger partial charge in [-0.05, 0) is 49.3 Å². The maximum absolute atomic E-state index is 6.20. The summed E-state index contributed by atoms with van der Waals surface area (Å²) < 4.78 is 1.06. The van der Waals surface area contributed by atoms with Crippen LogP contribution < -0.4 is 5.32 Å². The number of likely N-dealkylation sites (N-methyl/N-ethyl adjacent to an activating group) is 1. The minimum atomic E-state index is 0.390. The minimum Gasteiger partial charge on any atom is -0.311 e. The highest BCUT2D eigenvalue weighted by Gasteiger charge is 2.14. The maximum Gasteiger partial charge on any atom is 0.0561 e. The van der Waals surface area contributed by atoms with Crippen LogP contribution in [0.2, 0.25) is 5.02 Å². The Labute approximate surface area is 137 Å². The van der Waals surface area contributed by atoms with Gasteiger partial charge < -0.3 is 10.2 Å². The number of nitrogens with one attached hydrogen (secondary N) is 1. The average Bonchev–Trinajstić information content (AvgIpc) is 2.91. The molecule has 0 saturated heterocycles. The molecule has 108 valence electrons. The van der Waals surface area contributed by atoms with Gasteiger partial charge >= 0.3 is 0 Å². The molecule has 2 rings (SSSR count). The lowest BCUT2D eigenvalue weighted by Gasteiger charge is -2.23. The van der Waals surface area contributed by atoms with E-state index >= 15 is 0 Å². The number of nitrogens with zero attached hydrogens (tertiary/aromatic N) is 1. The first-order chi connectivity index (χ1) is 9.58. The van der Waals surface area contributed by atoms with Gasteiger partial charge in [0, 0.05) is 27.5 Å². The van der Waals surface area contributed by atoms with Crippen LogP contribution in [0.15, 0.2) is 40.2 Å². The van der Waals surface area contributed by atoms with Crippen LogP contribution in [0.4, 0.5) is 0 Å². The molecule has 2 aromatic rings. The summed E-state index contributed by atoms with van der Waals surface area (Å²) in [6, 6.07) is 10.6. The summed E-state index contributed by atoms with van der Waals surface area (Å²) in [5.41, 5.74) is 1.12. The monoisotopic (exact) mass is 372 g/mol. The van der Waals surface area contributed by atoms with Crippen LogP contribution in [0.3, 0.4) is 0 Å². The molecule has 0 bridgehead atoms. The first-order valence-electron chi connectivity index (χ1n) is 6.42. The molecule has 0 aliphatic heterocycles. The summed E-state index contributed by atoms with van der Waals surface area (Å²) in [6.07, 6.45) is 0. The molecule has 0 radical (unpaired) electrons. The van der Waals surface area contributed by atoms with Crippen molar-refractivity contribution in [1.82, 2.24) is 10.2 Å². The molecule has 1 aromatic carbocycles. The van der Waals surface area contributed by atoms with Gasteiger partial charge in [0.15, 0.2) is 0 Å². The minimum absolute atomic E-state index is 0.390. The molecule has 2 nitrogen and oxygen atoms in total. The van der Waals surface area contributed by atoms with Gasteiger partial charge in [0.05, 0.1) is 6.04 Å². The lowest BCUT2D eigenvalue weighted by atomic mass is 10.2. The zero-order chi connectivity index (χ0) is 14.5. The number of hydrogen-bond donors (Lipinski definition) is 1. The van der Waals surface area contributed by atoms with E-state index in [9.17, 15) is 0 Å². The fourth-order valence-corrected chi connectivity index (χ4v) is 3.56. The van der Waals surface area contributed by atoms with Crippen LogP contribution in [0.5, 0.6) is 0 Å². The van der Waals surface area contributed by atoms with E-state index in [0.29, 0.717) is 6.04 Å².